The van der Waals surface area contributed by atoms with Crippen molar-refractivity contribution in [2.24, 2.45) is 4.99 Å². The van der Waals surface area contributed by atoms with E-state index >= 15 is 0 Å². The first-order valence-corrected chi connectivity index (χ1v) is 3.27. The molecule has 0 heterocycles. The number of methoxy groups -OCH3 is 1. The molecule has 0 aliphatic rings. The third-order valence-electron chi connectivity index (χ3n) is 0.756. The molecule has 3 nitrogen and oxygen atoms in total. The van der Waals surface area contributed by atoms with E-state index in [1.165, 1.54) is 0 Å². The molecule has 8 heteroatoms. The molecule has 0 saturated carbocycles. The van der Waals surface area contributed by atoms with Gasteiger partial charge in [0, 0.05) is 21.1 Å². The van der Waals surface area contributed by atoms with E-state index < -0.39 is 7.25 Å². The maximum absolute atomic E-state index is 9.75. The Morgan fingerprint density at radius 1 is 1.23 bits per heavy atom. The van der Waals surface area contributed by atoms with E-state index in [2.05, 4.69) is 4.99 Å². The van der Waals surface area contributed by atoms with Crippen LogP contribution in [0.1, 0.15) is 0 Å². The fraction of sp³-hybridized carbons (Fsp3) is 0.800. The summed E-state index contributed by atoms with van der Waals surface area (Å²) >= 11 is 0. The average molecular weight is 203 g/mol. The second kappa shape index (κ2) is 6.56. The van der Waals surface area contributed by atoms with Crippen molar-refractivity contribution >= 4 is 13.3 Å². The fourth-order valence-electron chi connectivity index (χ4n) is 0.474. The summed E-state index contributed by atoms with van der Waals surface area (Å²) in [5, 5.41) is 0. The second-order valence-electron chi connectivity index (χ2n) is 2.10. The number of halogens is 4. The van der Waals surface area contributed by atoms with E-state index in [9.17, 15) is 17.3 Å². The highest BCUT2D eigenvalue weighted by Crippen LogP contribution is 2.06. The van der Waals surface area contributed by atoms with Gasteiger partial charge >= 0.3 is 7.25 Å². The van der Waals surface area contributed by atoms with E-state index in [1.54, 1.807) is 19.1 Å². The van der Waals surface area contributed by atoms with Crippen LogP contribution < -0.4 is 0 Å². The van der Waals surface area contributed by atoms with Crippen LogP contribution in [-0.2, 0) is 4.74 Å². The lowest BCUT2D eigenvalue weighted by Gasteiger charge is -2.11. The zero-order chi connectivity index (χ0) is 11.1. The topological polar surface area (TPSA) is 24.8 Å². The van der Waals surface area contributed by atoms with Crippen LogP contribution in [0.4, 0.5) is 17.3 Å². The Balaban J connectivity index is 0. The van der Waals surface area contributed by atoms with Gasteiger partial charge in [-0.25, -0.2) is 4.99 Å². The van der Waals surface area contributed by atoms with Crippen LogP contribution >= 0.6 is 0 Å². The van der Waals surface area contributed by atoms with Gasteiger partial charge in [0.05, 0.1) is 7.11 Å². The molecule has 0 radical (unpaired) electrons. The third kappa shape index (κ3) is 18.2. The SMILES string of the molecule is CN=C(OC)N(C)C.F[B-](F)(F)F. The summed E-state index contributed by atoms with van der Waals surface area (Å²) in [5.41, 5.74) is 0. The first-order valence-electron chi connectivity index (χ1n) is 3.27. The Morgan fingerprint density at radius 2 is 1.54 bits per heavy atom. The molecule has 0 bridgehead atoms. The highest BCUT2D eigenvalue weighted by molar-refractivity contribution is 6.50. The highest BCUT2D eigenvalue weighted by Gasteiger charge is 2.20. The van der Waals surface area contributed by atoms with Gasteiger partial charge in [0.15, 0.2) is 0 Å². The summed E-state index contributed by atoms with van der Waals surface area (Å²) in [7, 11) is 1.05. The van der Waals surface area contributed by atoms with Gasteiger partial charge in [-0.05, 0) is 0 Å². The summed E-state index contributed by atoms with van der Waals surface area (Å²) < 4.78 is 43.8. The Morgan fingerprint density at radius 3 is 1.54 bits per heavy atom. The molecule has 0 amide bonds. The fourth-order valence-corrected chi connectivity index (χ4v) is 0.474. The minimum Gasteiger partial charge on any atom is -0.469 e. The molecule has 0 aromatic heterocycles. The normalized spacial score (nSPS) is 11.5. The van der Waals surface area contributed by atoms with Crippen molar-refractivity contribution in [1.29, 1.82) is 0 Å². The maximum atomic E-state index is 9.75. The van der Waals surface area contributed by atoms with Crippen molar-refractivity contribution in [3.8, 4) is 0 Å². The zero-order valence-electron chi connectivity index (χ0n) is 7.89. The molecule has 0 unspecified atom stereocenters. The molecule has 0 aliphatic heterocycles. The summed E-state index contributed by atoms with van der Waals surface area (Å²) in [4.78, 5) is 5.63. The first-order chi connectivity index (χ1) is 5.72. The van der Waals surface area contributed by atoms with Gasteiger partial charge in [-0.1, -0.05) is 0 Å². The second-order valence-corrected chi connectivity index (χ2v) is 2.10. The van der Waals surface area contributed by atoms with Crippen molar-refractivity contribution in [2.45, 2.75) is 0 Å². The van der Waals surface area contributed by atoms with Gasteiger partial charge in [0.25, 0.3) is 6.02 Å². The first kappa shape index (κ1) is 14.6. The zero-order valence-corrected chi connectivity index (χ0v) is 7.89. The minimum absolute atomic E-state index is 0.644. The summed E-state index contributed by atoms with van der Waals surface area (Å²) in [6, 6.07) is 0.644. The number of amidine groups is 1. The molecule has 0 saturated heterocycles. The summed E-state index contributed by atoms with van der Waals surface area (Å²) in [5.74, 6) is 0. The standard InChI is InChI=1S/C5H12N2O.BF4/c1-6-5(8-4)7(2)3;2-1(3,4)5/h1-4H3;/q;-1. The largest absolute Gasteiger partial charge is 0.673 e. The van der Waals surface area contributed by atoms with Crippen LogP contribution in [0, 0.1) is 0 Å². The molecule has 0 N–H and O–H groups in total. The van der Waals surface area contributed by atoms with Crippen molar-refractivity contribution in [2.75, 3.05) is 28.3 Å². The van der Waals surface area contributed by atoms with E-state index in [0.717, 1.165) is 0 Å². The maximum Gasteiger partial charge on any atom is 0.673 e. The molecule has 0 aromatic rings. The minimum atomic E-state index is -6.00. The molecule has 80 valence electrons. The van der Waals surface area contributed by atoms with Crippen LogP contribution in [0.5, 0.6) is 0 Å². The molecular weight excluding hydrogens is 191 g/mol. The number of ether oxygens (including phenoxy) is 1. The molecule has 0 spiro atoms. The van der Waals surface area contributed by atoms with E-state index in [1.807, 2.05) is 14.1 Å². The lowest BCUT2D eigenvalue weighted by molar-refractivity contribution is 0.330. The monoisotopic (exact) mass is 203 g/mol. The smallest absolute Gasteiger partial charge is 0.469 e. The van der Waals surface area contributed by atoms with Gasteiger partial charge in [0.2, 0.25) is 0 Å². The van der Waals surface area contributed by atoms with Crippen molar-refractivity contribution in [1.82, 2.24) is 4.90 Å². The number of hydrogen-bond acceptors (Lipinski definition) is 2. The van der Waals surface area contributed by atoms with Crippen LogP contribution in [-0.4, -0.2) is 46.4 Å². The number of nitrogens with zero attached hydrogens (tertiary/aromatic N) is 2. The average Bonchev–Trinajstić information content (AvgIpc) is 1.85. The van der Waals surface area contributed by atoms with Crippen molar-refractivity contribution in [3.63, 3.8) is 0 Å². The number of rotatable bonds is 0. The predicted octanol–water partition coefficient (Wildman–Crippen LogP) is 1.48. The van der Waals surface area contributed by atoms with Gasteiger partial charge in [-0.15, -0.1) is 0 Å². The molecule has 13 heavy (non-hydrogen) atoms. The van der Waals surface area contributed by atoms with Crippen LogP contribution in [0.3, 0.4) is 0 Å². The summed E-state index contributed by atoms with van der Waals surface area (Å²) in [6.45, 7) is 0. The lowest BCUT2D eigenvalue weighted by Crippen LogP contribution is -2.23. The molecular formula is C5H12BF4N2O-. The number of hydrogen-bond donors (Lipinski definition) is 0. The Labute approximate surface area is 74.5 Å². The van der Waals surface area contributed by atoms with Crippen LogP contribution in [0.2, 0.25) is 0 Å². The molecule has 0 fully saturated rings. The van der Waals surface area contributed by atoms with Gasteiger partial charge in [-0.2, -0.15) is 0 Å². The number of aliphatic imine (C=N–C) groups is 1. The molecule has 0 aromatic carbocycles. The van der Waals surface area contributed by atoms with Crippen molar-refractivity contribution in [3.05, 3.63) is 0 Å². The lowest BCUT2D eigenvalue weighted by atomic mass is 10.3. The van der Waals surface area contributed by atoms with Crippen LogP contribution in [0.25, 0.3) is 0 Å². The van der Waals surface area contributed by atoms with Crippen LogP contribution in [0.15, 0.2) is 4.99 Å². The molecule has 0 atom stereocenters. The van der Waals surface area contributed by atoms with E-state index in [0.29, 0.717) is 6.02 Å². The summed E-state index contributed by atoms with van der Waals surface area (Å²) in [6.07, 6.45) is 0. The molecule has 0 aliphatic carbocycles. The van der Waals surface area contributed by atoms with Gasteiger partial charge < -0.3 is 26.9 Å². The Bertz CT molecular complexity index is 153. The van der Waals surface area contributed by atoms with E-state index in [-0.39, 0.29) is 0 Å². The van der Waals surface area contributed by atoms with Gasteiger partial charge in [0.1, 0.15) is 0 Å². The Hall–Kier alpha value is -0.945. The quantitative estimate of drug-likeness (QED) is 0.258. The predicted molar refractivity (Wildman–Crippen MR) is 44.2 cm³/mol. The third-order valence-corrected chi connectivity index (χ3v) is 0.756. The van der Waals surface area contributed by atoms with E-state index in [4.69, 9.17) is 4.74 Å². The van der Waals surface area contributed by atoms with Crippen molar-refractivity contribution < 1.29 is 22.0 Å². The Kier molecular flexibility index (Phi) is 7.35. The highest BCUT2D eigenvalue weighted by atomic mass is 19.5. The van der Waals surface area contributed by atoms with Gasteiger partial charge in [-0.3, -0.25) is 0 Å². The molecule has 0 rings (SSSR count).